The minimum atomic E-state index is -3.77. The van der Waals surface area contributed by atoms with Crippen LogP contribution in [0.3, 0.4) is 0 Å². The molecule has 3 N–H and O–H groups in total. The van der Waals surface area contributed by atoms with Gasteiger partial charge >= 0.3 is 5.97 Å². The van der Waals surface area contributed by atoms with E-state index in [0.29, 0.717) is 49.9 Å². The highest BCUT2D eigenvalue weighted by atomic mass is 32.2. The number of nitrogens with zero attached hydrogens (tertiary/aromatic N) is 4. The Bertz CT molecular complexity index is 1610. The minimum Gasteiger partial charge on any atom is -0.469 e. The van der Waals surface area contributed by atoms with E-state index in [-0.39, 0.29) is 61.8 Å². The number of sulfonamides is 1. The lowest BCUT2D eigenvalue weighted by Gasteiger charge is -2.37. The summed E-state index contributed by atoms with van der Waals surface area (Å²) in [4.78, 5) is 33.6. The van der Waals surface area contributed by atoms with Gasteiger partial charge < -0.3 is 25.2 Å². The second-order valence-corrected chi connectivity index (χ2v) is 14.3. The first-order valence-corrected chi connectivity index (χ1v) is 18.0. The smallest absolute Gasteiger partial charge is 0.307 e. The summed E-state index contributed by atoms with van der Waals surface area (Å²) in [5.74, 6) is -0.0945. The fourth-order valence-electron chi connectivity index (χ4n) is 5.81. The van der Waals surface area contributed by atoms with Crippen LogP contribution in [0.5, 0.6) is 0 Å². The average molecular weight is 684 g/mol. The van der Waals surface area contributed by atoms with E-state index >= 15 is 0 Å². The lowest BCUT2D eigenvalue weighted by molar-refractivity contribution is -0.141. The lowest BCUT2D eigenvalue weighted by Crippen LogP contribution is -2.51. The van der Waals surface area contributed by atoms with Crippen molar-refractivity contribution < 1.29 is 32.6 Å². The molecule has 12 nitrogen and oxygen atoms in total. The highest BCUT2D eigenvalue weighted by Gasteiger charge is 2.36. The summed E-state index contributed by atoms with van der Waals surface area (Å²) >= 11 is 0. The van der Waals surface area contributed by atoms with Gasteiger partial charge in [0.2, 0.25) is 15.9 Å². The van der Waals surface area contributed by atoms with Crippen LogP contribution in [0.1, 0.15) is 50.7 Å². The minimum absolute atomic E-state index is 0.0410. The van der Waals surface area contributed by atoms with E-state index in [1.165, 1.54) is 11.4 Å². The quantitative estimate of drug-likeness (QED) is 0.189. The topological polar surface area (TPSA) is 155 Å². The second-order valence-electron chi connectivity index (χ2n) is 12.4. The molecule has 2 aromatic carbocycles. The molecule has 0 spiro atoms. The van der Waals surface area contributed by atoms with Gasteiger partial charge in [0.05, 0.1) is 37.3 Å². The Kier molecular flexibility index (Phi) is 13.3. The highest BCUT2D eigenvalue weighted by Crippen LogP contribution is 2.36. The largest absolute Gasteiger partial charge is 0.469 e. The Morgan fingerprint density at radius 1 is 1.06 bits per heavy atom. The number of aliphatic hydroxyl groups excluding tert-OH is 1. The fourth-order valence-corrected chi connectivity index (χ4v) is 7.43. The molecule has 2 aliphatic heterocycles. The van der Waals surface area contributed by atoms with Crippen molar-refractivity contribution >= 4 is 39.5 Å². The van der Waals surface area contributed by atoms with E-state index in [1.807, 2.05) is 56.1 Å². The number of carbonyl (C=O) groups excluding carboxylic acids is 2. The molecule has 0 aromatic heterocycles. The van der Waals surface area contributed by atoms with Gasteiger partial charge in [-0.3, -0.25) is 14.5 Å². The van der Waals surface area contributed by atoms with Crippen molar-refractivity contribution in [2.45, 2.75) is 51.0 Å². The molecular weight excluding hydrogens is 634 g/mol. The van der Waals surface area contributed by atoms with Crippen LogP contribution in [-0.2, 0) is 35.6 Å². The normalized spacial score (nSPS) is 15.3. The molecule has 1 saturated heterocycles. The number of carbonyl (C=O) groups is 2. The Morgan fingerprint density at radius 2 is 1.79 bits per heavy atom. The molecule has 2 heterocycles. The highest BCUT2D eigenvalue weighted by molar-refractivity contribution is 7.89. The maximum absolute atomic E-state index is 13.5. The third-order valence-electron chi connectivity index (χ3n) is 8.49. The Morgan fingerprint density at radius 3 is 2.46 bits per heavy atom. The number of fused-ring (bicyclic) bond motifs is 1. The number of amidine groups is 1. The van der Waals surface area contributed by atoms with E-state index in [1.54, 1.807) is 12.1 Å². The number of aliphatic imine (C=N–C) groups is 1. The van der Waals surface area contributed by atoms with Gasteiger partial charge in [-0.05, 0) is 60.9 Å². The SMILES string of the molecule is CCCN(CCC)C(=O)C1=Cc2ccc(-c3cc(S(=O)(=O)N4CC(CO)C4)ccc3CN(C)CCOCCC(=O)OC)cc2N=C(N)C1. The predicted molar refractivity (Wildman–Crippen MR) is 186 cm³/mol. The average Bonchev–Trinajstić information content (AvgIpc) is 3.21. The van der Waals surface area contributed by atoms with Gasteiger partial charge in [0, 0.05) is 69.4 Å². The Balaban J connectivity index is 1.66. The molecule has 1 fully saturated rings. The zero-order valence-corrected chi connectivity index (χ0v) is 29.3. The number of methoxy groups -OCH3 is 1. The van der Waals surface area contributed by atoms with E-state index in [9.17, 15) is 23.1 Å². The summed E-state index contributed by atoms with van der Waals surface area (Å²) in [5, 5.41) is 9.44. The van der Waals surface area contributed by atoms with Crippen LogP contribution in [0.15, 0.2) is 51.9 Å². The number of aliphatic hydroxyl groups is 1. The standard InChI is InChI=1S/C35H49N5O7S/c1-5-12-39(13-6-2)35(43)29-17-27-8-7-26(18-32(27)37-33(36)19-29)31-20-30(48(44,45)40-21-25(22-40)24-41)10-9-28(31)23-38(3)14-16-47-15-11-34(42)46-4/h7-10,17-18,20,25,41H,5-6,11-16,19,21-24H2,1-4H3,(H2,36,37). The van der Waals surface area contributed by atoms with Gasteiger partial charge in [0.1, 0.15) is 5.84 Å². The van der Waals surface area contributed by atoms with Gasteiger partial charge in [0.15, 0.2) is 0 Å². The molecule has 0 unspecified atom stereocenters. The molecule has 4 rings (SSSR count). The summed E-state index contributed by atoms with van der Waals surface area (Å²) in [6.45, 7) is 7.69. The summed E-state index contributed by atoms with van der Waals surface area (Å²) in [6, 6.07) is 10.9. The first-order chi connectivity index (χ1) is 23.0. The maximum Gasteiger partial charge on any atom is 0.307 e. The molecule has 0 saturated carbocycles. The van der Waals surface area contributed by atoms with Crippen LogP contribution in [0.2, 0.25) is 0 Å². The van der Waals surface area contributed by atoms with Gasteiger partial charge in [0.25, 0.3) is 0 Å². The third-order valence-corrected chi connectivity index (χ3v) is 10.3. The molecule has 0 atom stereocenters. The van der Waals surface area contributed by atoms with Crippen molar-refractivity contribution in [3.05, 3.63) is 53.1 Å². The van der Waals surface area contributed by atoms with E-state index in [4.69, 9.17) is 10.5 Å². The number of hydrogen-bond donors (Lipinski definition) is 2. The summed E-state index contributed by atoms with van der Waals surface area (Å²) in [6.07, 6.45) is 4.00. The van der Waals surface area contributed by atoms with Crippen molar-refractivity contribution in [1.29, 1.82) is 0 Å². The van der Waals surface area contributed by atoms with Crippen molar-refractivity contribution in [1.82, 2.24) is 14.1 Å². The van der Waals surface area contributed by atoms with Gasteiger partial charge in [-0.1, -0.05) is 32.0 Å². The lowest BCUT2D eigenvalue weighted by atomic mass is 9.96. The number of ether oxygens (including phenoxy) is 2. The molecule has 0 bridgehead atoms. The fraction of sp³-hybridized carbons (Fsp3) is 0.514. The van der Waals surface area contributed by atoms with Crippen molar-refractivity contribution in [3.63, 3.8) is 0 Å². The van der Waals surface area contributed by atoms with Crippen molar-refractivity contribution in [2.24, 2.45) is 16.6 Å². The Hall–Kier alpha value is -3.62. The third kappa shape index (κ3) is 9.29. The van der Waals surface area contributed by atoms with Crippen LogP contribution in [0.25, 0.3) is 17.2 Å². The number of benzene rings is 2. The number of nitrogens with two attached hydrogens (primary N) is 1. The first-order valence-electron chi connectivity index (χ1n) is 16.5. The number of hydrogen-bond acceptors (Lipinski definition) is 10. The molecular formula is C35H49N5O7S. The number of esters is 1. The molecule has 1 amide bonds. The molecule has 13 heteroatoms. The van der Waals surface area contributed by atoms with Gasteiger partial charge in [-0.25, -0.2) is 13.4 Å². The predicted octanol–water partition coefficient (Wildman–Crippen LogP) is 3.40. The number of amides is 1. The van der Waals surface area contributed by atoms with E-state index < -0.39 is 10.0 Å². The number of likely N-dealkylation sites (N-methyl/N-ethyl adjacent to an activating group) is 1. The van der Waals surface area contributed by atoms with Crippen LogP contribution >= 0.6 is 0 Å². The van der Waals surface area contributed by atoms with Crippen molar-refractivity contribution in [2.75, 3.05) is 66.7 Å². The second kappa shape index (κ2) is 17.2. The van der Waals surface area contributed by atoms with E-state index in [0.717, 1.165) is 35.1 Å². The zero-order valence-electron chi connectivity index (χ0n) is 28.5. The van der Waals surface area contributed by atoms with Gasteiger partial charge in [-0.15, -0.1) is 0 Å². The maximum atomic E-state index is 13.5. The number of rotatable bonds is 17. The summed E-state index contributed by atoms with van der Waals surface area (Å²) < 4.78 is 38.7. The molecule has 48 heavy (non-hydrogen) atoms. The molecule has 2 aromatic rings. The van der Waals surface area contributed by atoms with Crippen LogP contribution in [-0.4, -0.2) is 112 Å². The van der Waals surface area contributed by atoms with Crippen molar-refractivity contribution in [3.8, 4) is 11.1 Å². The van der Waals surface area contributed by atoms with Crippen LogP contribution in [0.4, 0.5) is 5.69 Å². The van der Waals surface area contributed by atoms with Crippen LogP contribution < -0.4 is 5.73 Å². The van der Waals surface area contributed by atoms with Crippen LogP contribution in [0, 0.1) is 5.92 Å². The monoisotopic (exact) mass is 683 g/mol. The molecule has 2 aliphatic rings. The Labute approximate surface area is 284 Å². The van der Waals surface area contributed by atoms with Gasteiger partial charge in [-0.2, -0.15) is 4.31 Å². The van der Waals surface area contributed by atoms with E-state index in [2.05, 4.69) is 14.6 Å². The zero-order chi connectivity index (χ0) is 34.8. The molecule has 0 radical (unpaired) electrons. The molecule has 262 valence electrons. The molecule has 0 aliphatic carbocycles. The first kappa shape index (κ1) is 37.2. The summed E-state index contributed by atoms with van der Waals surface area (Å²) in [5.41, 5.74) is 10.7. The summed E-state index contributed by atoms with van der Waals surface area (Å²) in [7, 11) is -0.480.